The number of hydrogen-bond acceptors (Lipinski definition) is 4. The second kappa shape index (κ2) is 6.48. The van der Waals surface area contributed by atoms with Crippen LogP contribution < -0.4 is 0 Å². The summed E-state index contributed by atoms with van der Waals surface area (Å²) in [4.78, 5) is 7.83. The van der Waals surface area contributed by atoms with Gasteiger partial charge in [-0.3, -0.25) is 0 Å². The van der Waals surface area contributed by atoms with Gasteiger partial charge in [-0.25, -0.2) is 4.98 Å². The molecular weight excluding hydrogens is 268 g/mol. The second-order valence-corrected chi connectivity index (χ2v) is 6.56. The zero-order valence-corrected chi connectivity index (χ0v) is 13.2. The maximum Gasteiger partial charge on any atom is 0.0798 e. The SMILES string of the molecule is Cc1ncsc1CN(C)CC(C)(CO)c1ccccc1. The molecule has 1 heterocycles. The maximum atomic E-state index is 9.83. The lowest BCUT2D eigenvalue weighted by atomic mass is 9.83. The summed E-state index contributed by atoms with van der Waals surface area (Å²) in [6, 6.07) is 10.2. The normalized spacial score (nSPS) is 14.4. The van der Waals surface area contributed by atoms with Crippen LogP contribution in [0.25, 0.3) is 0 Å². The summed E-state index contributed by atoms with van der Waals surface area (Å²) >= 11 is 1.69. The van der Waals surface area contributed by atoms with E-state index in [4.69, 9.17) is 0 Å². The van der Waals surface area contributed by atoms with Gasteiger partial charge in [0.2, 0.25) is 0 Å². The Morgan fingerprint density at radius 3 is 2.55 bits per heavy atom. The third kappa shape index (κ3) is 3.45. The van der Waals surface area contributed by atoms with Gasteiger partial charge in [0, 0.05) is 23.4 Å². The van der Waals surface area contributed by atoms with E-state index in [1.54, 1.807) is 11.3 Å². The van der Waals surface area contributed by atoms with Gasteiger partial charge in [-0.05, 0) is 19.5 Å². The number of thiazole rings is 1. The van der Waals surface area contributed by atoms with E-state index in [-0.39, 0.29) is 12.0 Å². The lowest BCUT2D eigenvalue weighted by molar-refractivity contribution is 0.156. The smallest absolute Gasteiger partial charge is 0.0798 e. The van der Waals surface area contributed by atoms with E-state index in [1.807, 2.05) is 30.6 Å². The third-order valence-corrected chi connectivity index (χ3v) is 4.62. The van der Waals surface area contributed by atoms with E-state index in [9.17, 15) is 5.11 Å². The third-order valence-electron chi connectivity index (χ3n) is 3.70. The highest BCUT2D eigenvalue weighted by molar-refractivity contribution is 7.09. The van der Waals surface area contributed by atoms with Gasteiger partial charge < -0.3 is 10.0 Å². The Morgan fingerprint density at radius 1 is 1.30 bits per heavy atom. The van der Waals surface area contributed by atoms with Crippen molar-refractivity contribution in [1.29, 1.82) is 0 Å². The van der Waals surface area contributed by atoms with Crippen molar-refractivity contribution < 1.29 is 5.11 Å². The van der Waals surface area contributed by atoms with Gasteiger partial charge in [-0.1, -0.05) is 37.3 Å². The monoisotopic (exact) mass is 290 g/mol. The van der Waals surface area contributed by atoms with Crippen molar-refractivity contribution in [3.63, 3.8) is 0 Å². The van der Waals surface area contributed by atoms with Crippen LogP contribution in [0.15, 0.2) is 35.8 Å². The van der Waals surface area contributed by atoms with Crippen molar-refractivity contribution >= 4 is 11.3 Å². The Bertz CT molecular complexity index is 540. The molecule has 108 valence electrons. The molecule has 0 aliphatic carbocycles. The van der Waals surface area contributed by atoms with Crippen molar-refractivity contribution in [2.75, 3.05) is 20.2 Å². The van der Waals surface area contributed by atoms with E-state index in [2.05, 4.69) is 36.0 Å². The second-order valence-electron chi connectivity index (χ2n) is 5.62. The zero-order chi connectivity index (χ0) is 14.6. The van der Waals surface area contributed by atoms with E-state index >= 15 is 0 Å². The highest BCUT2D eigenvalue weighted by Gasteiger charge is 2.27. The fourth-order valence-electron chi connectivity index (χ4n) is 2.45. The molecule has 0 saturated heterocycles. The van der Waals surface area contributed by atoms with Crippen molar-refractivity contribution in [2.45, 2.75) is 25.8 Å². The molecule has 1 N–H and O–H groups in total. The van der Waals surface area contributed by atoms with Crippen LogP contribution in [0.3, 0.4) is 0 Å². The fourth-order valence-corrected chi connectivity index (χ4v) is 3.30. The zero-order valence-electron chi connectivity index (χ0n) is 12.3. The van der Waals surface area contributed by atoms with E-state index in [0.717, 1.165) is 18.8 Å². The Hall–Kier alpha value is -1.23. The molecule has 1 aromatic carbocycles. The van der Waals surface area contributed by atoms with Gasteiger partial charge in [0.15, 0.2) is 0 Å². The highest BCUT2D eigenvalue weighted by atomic mass is 32.1. The number of aromatic nitrogens is 1. The van der Waals surface area contributed by atoms with Crippen LogP contribution in [0.2, 0.25) is 0 Å². The number of aryl methyl sites for hydroxylation is 1. The number of rotatable bonds is 6. The standard InChI is InChI=1S/C16H22N2OS/c1-13-15(20-12-17-13)9-18(3)10-16(2,11-19)14-7-5-4-6-8-14/h4-8,12,19H,9-11H2,1-3H3. The van der Waals surface area contributed by atoms with Gasteiger partial charge >= 0.3 is 0 Å². The topological polar surface area (TPSA) is 36.4 Å². The van der Waals surface area contributed by atoms with Gasteiger partial charge in [0.25, 0.3) is 0 Å². The van der Waals surface area contributed by atoms with Crippen LogP contribution >= 0.6 is 11.3 Å². The molecule has 2 aromatic rings. The Morgan fingerprint density at radius 2 is 2.00 bits per heavy atom. The summed E-state index contributed by atoms with van der Waals surface area (Å²) in [6.07, 6.45) is 0. The minimum atomic E-state index is -0.241. The number of aliphatic hydroxyl groups excluding tert-OH is 1. The van der Waals surface area contributed by atoms with Crippen molar-refractivity contribution in [1.82, 2.24) is 9.88 Å². The molecule has 0 bridgehead atoms. The largest absolute Gasteiger partial charge is 0.395 e. The van der Waals surface area contributed by atoms with Gasteiger partial charge in [0.05, 0.1) is 17.8 Å². The average Bonchev–Trinajstić information content (AvgIpc) is 2.85. The Kier molecular flexibility index (Phi) is 4.91. The van der Waals surface area contributed by atoms with E-state index in [1.165, 1.54) is 10.4 Å². The first-order chi connectivity index (χ1) is 9.55. The molecule has 2 rings (SSSR count). The minimum absolute atomic E-state index is 0.142. The Labute approximate surface area is 124 Å². The summed E-state index contributed by atoms with van der Waals surface area (Å²) < 4.78 is 0. The molecule has 1 aromatic heterocycles. The molecule has 0 spiro atoms. The molecule has 20 heavy (non-hydrogen) atoms. The number of nitrogens with zero attached hydrogens (tertiary/aromatic N) is 2. The van der Waals surface area contributed by atoms with Crippen LogP contribution in [0.5, 0.6) is 0 Å². The molecule has 0 saturated carbocycles. The van der Waals surface area contributed by atoms with Gasteiger partial charge in [0.1, 0.15) is 0 Å². The highest BCUT2D eigenvalue weighted by Crippen LogP contribution is 2.25. The van der Waals surface area contributed by atoms with Crippen molar-refractivity contribution in [3.05, 3.63) is 52.0 Å². The van der Waals surface area contributed by atoms with Crippen LogP contribution in [0.1, 0.15) is 23.1 Å². The van der Waals surface area contributed by atoms with Crippen LogP contribution in [-0.4, -0.2) is 35.2 Å². The quantitative estimate of drug-likeness (QED) is 0.889. The molecule has 3 nitrogen and oxygen atoms in total. The van der Waals surface area contributed by atoms with Crippen molar-refractivity contribution in [2.24, 2.45) is 0 Å². The van der Waals surface area contributed by atoms with Crippen LogP contribution in [0, 0.1) is 6.92 Å². The van der Waals surface area contributed by atoms with E-state index in [0.29, 0.717) is 0 Å². The number of aliphatic hydroxyl groups is 1. The van der Waals surface area contributed by atoms with Gasteiger partial charge in [-0.15, -0.1) is 11.3 Å². The molecule has 1 unspecified atom stereocenters. The molecule has 0 aliphatic heterocycles. The predicted molar refractivity (Wildman–Crippen MR) is 84.1 cm³/mol. The summed E-state index contributed by atoms with van der Waals surface area (Å²) in [5.41, 5.74) is 3.93. The Balaban J connectivity index is 2.08. The number of hydrogen-bond donors (Lipinski definition) is 1. The molecular formula is C16H22N2OS. The first-order valence-electron chi connectivity index (χ1n) is 6.79. The average molecular weight is 290 g/mol. The fraction of sp³-hybridized carbons (Fsp3) is 0.438. The molecule has 0 aliphatic rings. The number of likely N-dealkylation sites (N-methyl/N-ethyl adjacent to an activating group) is 1. The van der Waals surface area contributed by atoms with Gasteiger partial charge in [-0.2, -0.15) is 0 Å². The van der Waals surface area contributed by atoms with Crippen LogP contribution in [-0.2, 0) is 12.0 Å². The summed E-state index contributed by atoms with van der Waals surface area (Å²) in [5, 5.41) is 9.83. The minimum Gasteiger partial charge on any atom is -0.395 e. The molecule has 4 heteroatoms. The first-order valence-corrected chi connectivity index (χ1v) is 7.67. The van der Waals surface area contributed by atoms with Crippen LogP contribution in [0.4, 0.5) is 0 Å². The van der Waals surface area contributed by atoms with Crippen molar-refractivity contribution in [3.8, 4) is 0 Å². The summed E-state index contributed by atoms with van der Waals surface area (Å²) in [7, 11) is 2.09. The lowest BCUT2D eigenvalue weighted by Crippen LogP contribution is -2.39. The maximum absolute atomic E-state index is 9.83. The molecule has 0 amide bonds. The number of benzene rings is 1. The summed E-state index contributed by atoms with van der Waals surface area (Å²) in [6.45, 7) is 5.98. The lowest BCUT2D eigenvalue weighted by Gasteiger charge is -2.32. The first kappa shape index (κ1) is 15.2. The van der Waals surface area contributed by atoms with E-state index < -0.39 is 0 Å². The predicted octanol–water partition coefficient (Wildman–Crippen LogP) is 2.83. The molecule has 1 atom stereocenters. The molecule has 0 fully saturated rings. The molecule has 0 radical (unpaired) electrons. The summed E-state index contributed by atoms with van der Waals surface area (Å²) in [5.74, 6) is 0.